The van der Waals surface area contributed by atoms with Gasteiger partial charge in [-0.3, -0.25) is 0 Å². The molecule has 0 saturated carbocycles. The van der Waals surface area contributed by atoms with E-state index in [2.05, 4.69) is 19.2 Å². The largest absolute Gasteiger partial charge is 0.497 e. The first-order valence-electron chi connectivity index (χ1n) is 7.19. The van der Waals surface area contributed by atoms with Crippen LogP contribution < -0.4 is 10.1 Å². The van der Waals surface area contributed by atoms with Gasteiger partial charge in [0, 0.05) is 6.04 Å². The highest BCUT2D eigenvalue weighted by atomic mass is 16.5. The highest BCUT2D eigenvalue weighted by Gasteiger charge is 2.03. The Morgan fingerprint density at radius 1 is 1.10 bits per heavy atom. The zero-order valence-corrected chi connectivity index (χ0v) is 12.9. The maximum atomic E-state index is 5.70. The Hall–Kier alpha value is -1.78. The van der Waals surface area contributed by atoms with Crippen LogP contribution in [0.2, 0.25) is 0 Å². The van der Waals surface area contributed by atoms with Gasteiger partial charge in [0.25, 0.3) is 0 Å². The lowest BCUT2D eigenvalue weighted by Gasteiger charge is -2.06. The first kappa shape index (κ1) is 15.6. The standard InChI is InChI=1S/C17H23NO3/c1-13(2)18-10-16-7-8-17(21-16)12-20-11-14-5-4-6-15(9-14)19-3/h4-9,13,18H,10-12H2,1-3H3. The Morgan fingerprint density at radius 3 is 2.67 bits per heavy atom. The van der Waals surface area contributed by atoms with Crippen LogP contribution in [0.25, 0.3) is 0 Å². The van der Waals surface area contributed by atoms with E-state index in [9.17, 15) is 0 Å². The predicted molar refractivity (Wildman–Crippen MR) is 82.2 cm³/mol. The normalized spacial score (nSPS) is 11.0. The number of benzene rings is 1. The summed E-state index contributed by atoms with van der Waals surface area (Å²) in [6, 6.07) is 12.3. The van der Waals surface area contributed by atoms with Crippen molar-refractivity contribution in [2.75, 3.05) is 7.11 Å². The number of furan rings is 1. The van der Waals surface area contributed by atoms with Gasteiger partial charge in [-0.25, -0.2) is 0 Å². The molecular weight excluding hydrogens is 266 g/mol. The second-order valence-electron chi connectivity index (χ2n) is 5.25. The first-order valence-corrected chi connectivity index (χ1v) is 7.19. The molecule has 0 saturated heterocycles. The van der Waals surface area contributed by atoms with Crippen LogP contribution in [0.15, 0.2) is 40.8 Å². The highest BCUT2D eigenvalue weighted by molar-refractivity contribution is 5.27. The van der Waals surface area contributed by atoms with E-state index in [0.29, 0.717) is 19.3 Å². The molecule has 2 rings (SSSR count). The zero-order chi connectivity index (χ0) is 15.1. The maximum absolute atomic E-state index is 5.70. The quantitative estimate of drug-likeness (QED) is 0.807. The molecule has 0 fully saturated rings. The molecule has 0 radical (unpaired) electrons. The predicted octanol–water partition coefficient (Wildman–Crippen LogP) is 3.50. The molecule has 4 heteroatoms. The molecule has 1 heterocycles. The van der Waals surface area contributed by atoms with Crippen molar-refractivity contribution in [3.05, 3.63) is 53.5 Å². The van der Waals surface area contributed by atoms with Gasteiger partial charge in [-0.1, -0.05) is 26.0 Å². The fraction of sp³-hybridized carbons (Fsp3) is 0.412. The van der Waals surface area contributed by atoms with Gasteiger partial charge in [-0.15, -0.1) is 0 Å². The first-order chi connectivity index (χ1) is 10.2. The Morgan fingerprint density at radius 2 is 1.90 bits per heavy atom. The maximum Gasteiger partial charge on any atom is 0.129 e. The summed E-state index contributed by atoms with van der Waals surface area (Å²) in [4.78, 5) is 0. The van der Waals surface area contributed by atoms with Crippen LogP contribution in [0.3, 0.4) is 0 Å². The number of methoxy groups -OCH3 is 1. The SMILES string of the molecule is COc1cccc(COCc2ccc(CNC(C)C)o2)c1. The van der Waals surface area contributed by atoms with Crippen LogP contribution in [-0.4, -0.2) is 13.2 Å². The molecule has 21 heavy (non-hydrogen) atoms. The minimum Gasteiger partial charge on any atom is -0.497 e. The van der Waals surface area contributed by atoms with Crippen molar-refractivity contribution >= 4 is 0 Å². The van der Waals surface area contributed by atoms with Crippen molar-refractivity contribution < 1.29 is 13.9 Å². The average molecular weight is 289 g/mol. The topological polar surface area (TPSA) is 43.6 Å². The molecule has 1 aromatic carbocycles. The second kappa shape index (κ2) is 7.86. The summed E-state index contributed by atoms with van der Waals surface area (Å²) in [7, 11) is 1.66. The summed E-state index contributed by atoms with van der Waals surface area (Å²) < 4.78 is 16.6. The van der Waals surface area contributed by atoms with E-state index in [0.717, 1.165) is 29.4 Å². The van der Waals surface area contributed by atoms with Crippen molar-refractivity contribution in [2.24, 2.45) is 0 Å². The third kappa shape index (κ3) is 5.25. The summed E-state index contributed by atoms with van der Waals surface area (Å²) >= 11 is 0. The van der Waals surface area contributed by atoms with Crippen molar-refractivity contribution in [1.29, 1.82) is 0 Å². The second-order valence-corrected chi connectivity index (χ2v) is 5.25. The lowest BCUT2D eigenvalue weighted by Crippen LogP contribution is -2.21. The lowest BCUT2D eigenvalue weighted by molar-refractivity contribution is 0.0918. The van der Waals surface area contributed by atoms with Gasteiger partial charge in [-0.05, 0) is 29.8 Å². The smallest absolute Gasteiger partial charge is 0.129 e. The van der Waals surface area contributed by atoms with E-state index >= 15 is 0 Å². The van der Waals surface area contributed by atoms with Crippen LogP contribution >= 0.6 is 0 Å². The van der Waals surface area contributed by atoms with E-state index in [1.807, 2.05) is 36.4 Å². The van der Waals surface area contributed by atoms with Crippen molar-refractivity contribution in [3.63, 3.8) is 0 Å². The van der Waals surface area contributed by atoms with Gasteiger partial charge in [-0.2, -0.15) is 0 Å². The average Bonchev–Trinajstić information content (AvgIpc) is 2.93. The van der Waals surface area contributed by atoms with E-state index in [1.54, 1.807) is 7.11 Å². The van der Waals surface area contributed by atoms with E-state index in [1.165, 1.54) is 0 Å². The molecule has 0 amide bonds. The van der Waals surface area contributed by atoms with E-state index in [-0.39, 0.29) is 0 Å². The fourth-order valence-corrected chi connectivity index (χ4v) is 1.93. The number of rotatable bonds is 8. The van der Waals surface area contributed by atoms with E-state index < -0.39 is 0 Å². The summed E-state index contributed by atoms with van der Waals surface area (Å²) in [5, 5.41) is 3.32. The summed E-state index contributed by atoms with van der Waals surface area (Å²) in [5.74, 6) is 2.62. The molecule has 1 aromatic heterocycles. The number of ether oxygens (including phenoxy) is 2. The lowest BCUT2D eigenvalue weighted by atomic mass is 10.2. The Labute approximate surface area is 126 Å². The van der Waals surface area contributed by atoms with Crippen molar-refractivity contribution in [3.8, 4) is 5.75 Å². The molecule has 0 atom stereocenters. The molecule has 0 aliphatic carbocycles. The van der Waals surface area contributed by atoms with Gasteiger partial charge in [0.1, 0.15) is 23.9 Å². The Bertz CT molecular complexity index is 548. The third-order valence-corrected chi connectivity index (χ3v) is 3.05. The monoisotopic (exact) mass is 289 g/mol. The van der Waals surface area contributed by atoms with Crippen molar-refractivity contribution in [1.82, 2.24) is 5.32 Å². The van der Waals surface area contributed by atoms with Gasteiger partial charge in [0.05, 0.1) is 20.3 Å². The van der Waals surface area contributed by atoms with Crippen LogP contribution in [0, 0.1) is 0 Å². The number of nitrogens with one attached hydrogen (secondary N) is 1. The summed E-state index contributed by atoms with van der Waals surface area (Å²) in [5.41, 5.74) is 1.09. The minimum absolute atomic E-state index is 0.447. The van der Waals surface area contributed by atoms with Crippen LogP contribution in [0.4, 0.5) is 0 Å². The summed E-state index contributed by atoms with van der Waals surface area (Å²) in [6.45, 7) is 5.98. The fourth-order valence-electron chi connectivity index (χ4n) is 1.93. The molecule has 0 unspecified atom stereocenters. The Kier molecular flexibility index (Phi) is 5.84. The molecule has 2 aromatic rings. The third-order valence-electron chi connectivity index (χ3n) is 3.05. The van der Waals surface area contributed by atoms with Gasteiger partial charge in [0.2, 0.25) is 0 Å². The van der Waals surface area contributed by atoms with Crippen molar-refractivity contribution in [2.45, 2.75) is 39.6 Å². The van der Waals surface area contributed by atoms with Gasteiger partial charge < -0.3 is 19.2 Å². The molecule has 0 spiro atoms. The molecule has 0 aliphatic heterocycles. The summed E-state index contributed by atoms with van der Waals surface area (Å²) in [6.07, 6.45) is 0. The van der Waals surface area contributed by atoms with Crippen LogP contribution in [-0.2, 0) is 24.5 Å². The minimum atomic E-state index is 0.447. The van der Waals surface area contributed by atoms with Crippen LogP contribution in [0.5, 0.6) is 5.75 Å². The Balaban J connectivity index is 1.77. The van der Waals surface area contributed by atoms with E-state index in [4.69, 9.17) is 13.9 Å². The molecule has 1 N–H and O–H groups in total. The van der Waals surface area contributed by atoms with Gasteiger partial charge in [0.15, 0.2) is 0 Å². The molecule has 114 valence electrons. The van der Waals surface area contributed by atoms with Crippen LogP contribution in [0.1, 0.15) is 30.9 Å². The molecule has 4 nitrogen and oxygen atoms in total. The molecular formula is C17H23NO3. The van der Waals surface area contributed by atoms with Gasteiger partial charge >= 0.3 is 0 Å². The number of hydrogen-bond donors (Lipinski definition) is 1. The highest BCUT2D eigenvalue weighted by Crippen LogP contribution is 2.15. The molecule has 0 bridgehead atoms. The molecule has 0 aliphatic rings. The number of hydrogen-bond acceptors (Lipinski definition) is 4. The zero-order valence-electron chi connectivity index (χ0n) is 12.9.